The summed E-state index contributed by atoms with van der Waals surface area (Å²) in [5, 5.41) is 3.32. The van der Waals surface area contributed by atoms with E-state index in [-0.39, 0.29) is 5.78 Å². The number of rotatable bonds is 5. The van der Waals surface area contributed by atoms with Crippen LogP contribution in [0.3, 0.4) is 0 Å². The van der Waals surface area contributed by atoms with Crippen LogP contribution >= 0.6 is 0 Å². The molecular formula is C18H21NO. The molecule has 0 radical (unpaired) electrons. The number of para-hydroxylation sites is 1. The summed E-state index contributed by atoms with van der Waals surface area (Å²) in [6.07, 6.45) is 0.511. The van der Waals surface area contributed by atoms with Crippen LogP contribution in [-0.2, 0) is 0 Å². The predicted octanol–water partition coefficient (Wildman–Crippen LogP) is 4.30. The van der Waals surface area contributed by atoms with Gasteiger partial charge in [0.15, 0.2) is 5.78 Å². The van der Waals surface area contributed by atoms with Gasteiger partial charge in [-0.25, -0.2) is 0 Å². The minimum atomic E-state index is 0.189. The number of hydrogen-bond donors (Lipinski definition) is 1. The number of hydrogen-bond acceptors (Lipinski definition) is 2. The molecule has 2 aromatic rings. The van der Waals surface area contributed by atoms with Crippen LogP contribution in [0.5, 0.6) is 0 Å². The highest BCUT2D eigenvalue weighted by Crippen LogP contribution is 2.14. The SMILES string of the molecule is Cc1ccc(C(=O)CCNc2ccccc2C)cc1C. The predicted molar refractivity (Wildman–Crippen MR) is 84.5 cm³/mol. The molecule has 0 aliphatic rings. The highest BCUT2D eigenvalue weighted by Gasteiger charge is 2.07. The summed E-state index contributed by atoms with van der Waals surface area (Å²) in [5.41, 5.74) is 5.49. The molecule has 0 aliphatic carbocycles. The molecule has 20 heavy (non-hydrogen) atoms. The zero-order valence-corrected chi connectivity index (χ0v) is 12.4. The summed E-state index contributed by atoms with van der Waals surface area (Å²) >= 11 is 0. The average molecular weight is 267 g/mol. The van der Waals surface area contributed by atoms with Gasteiger partial charge >= 0.3 is 0 Å². The molecule has 0 spiro atoms. The van der Waals surface area contributed by atoms with E-state index >= 15 is 0 Å². The summed E-state index contributed by atoms with van der Waals surface area (Å²) < 4.78 is 0. The fourth-order valence-corrected chi connectivity index (χ4v) is 2.14. The molecule has 2 rings (SSSR count). The van der Waals surface area contributed by atoms with Crippen LogP contribution in [0, 0.1) is 20.8 Å². The molecule has 1 N–H and O–H groups in total. The van der Waals surface area contributed by atoms with E-state index in [1.165, 1.54) is 16.7 Å². The Morgan fingerprint density at radius 3 is 2.40 bits per heavy atom. The minimum Gasteiger partial charge on any atom is -0.384 e. The van der Waals surface area contributed by atoms with Crippen molar-refractivity contribution < 1.29 is 4.79 Å². The van der Waals surface area contributed by atoms with E-state index in [4.69, 9.17) is 0 Å². The highest BCUT2D eigenvalue weighted by atomic mass is 16.1. The number of benzene rings is 2. The summed E-state index contributed by atoms with van der Waals surface area (Å²) in [6.45, 7) is 6.82. The molecule has 0 saturated carbocycles. The molecule has 2 heteroatoms. The Hall–Kier alpha value is -2.09. The Labute approximate surface area is 120 Å². The van der Waals surface area contributed by atoms with E-state index in [2.05, 4.69) is 25.2 Å². The van der Waals surface area contributed by atoms with Gasteiger partial charge in [-0.1, -0.05) is 30.3 Å². The molecule has 0 atom stereocenters. The summed E-state index contributed by atoms with van der Waals surface area (Å²) in [6, 6.07) is 14.0. The fourth-order valence-electron chi connectivity index (χ4n) is 2.14. The molecule has 0 fully saturated rings. The molecule has 0 bridgehead atoms. The van der Waals surface area contributed by atoms with Gasteiger partial charge in [0.2, 0.25) is 0 Å². The number of carbonyl (C=O) groups is 1. The number of ketones is 1. The van der Waals surface area contributed by atoms with Crippen molar-refractivity contribution in [3.05, 3.63) is 64.7 Å². The maximum atomic E-state index is 12.1. The second kappa shape index (κ2) is 6.38. The number of Topliss-reactive ketones (excluding diaryl/α,β-unsaturated/α-hetero) is 1. The largest absolute Gasteiger partial charge is 0.384 e. The van der Waals surface area contributed by atoms with Crippen molar-refractivity contribution in [2.45, 2.75) is 27.2 Å². The van der Waals surface area contributed by atoms with Gasteiger partial charge in [0.25, 0.3) is 0 Å². The summed E-state index contributed by atoms with van der Waals surface area (Å²) in [4.78, 5) is 12.1. The molecule has 0 unspecified atom stereocenters. The minimum absolute atomic E-state index is 0.189. The smallest absolute Gasteiger partial charge is 0.164 e. The molecule has 0 saturated heterocycles. The third-order valence-corrected chi connectivity index (χ3v) is 3.64. The number of carbonyl (C=O) groups excluding carboxylic acids is 1. The lowest BCUT2D eigenvalue weighted by Crippen LogP contribution is -2.09. The van der Waals surface area contributed by atoms with Crippen LogP contribution in [0.4, 0.5) is 5.69 Å². The van der Waals surface area contributed by atoms with E-state index in [1.807, 2.05) is 43.3 Å². The van der Waals surface area contributed by atoms with Crippen LogP contribution in [-0.4, -0.2) is 12.3 Å². The molecule has 2 nitrogen and oxygen atoms in total. The standard InChI is InChI=1S/C18H21NO/c1-13-8-9-16(12-15(13)3)18(20)10-11-19-17-7-5-4-6-14(17)2/h4-9,12,19H,10-11H2,1-3H3. The third kappa shape index (κ3) is 3.47. The number of aryl methyl sites for hydroxylation is 3. The average Bonchev–Trinajstić information content (AvgIpc) is 2.44. The first-order chi connectivity index (χ1) is 9.58. The van der Waals surface area contributed by atoms with E-state index < -0.39 is 0 Å². The molecular weight excluding hydrogens is 246 g/mol. The van der Waals surface area contributed by atoms with E-state index in [0.717, 1.165) is 11.3 Å². The maximum absolute atomic E-state index is 12.1. The Bertz CT molecular complexity index is 617. The van der Waals surface area contributed by atoms with Gasteiger partial charge < -0.3 is 5.32 Å². The zero-order valence-electron chi connectivity index (χ0n) is 12.4. The van der Waals surface area contributed by atoms with Gasteiger partial charge in [-0.05, 0) is 49.6 Å². The van der Waals surface area contributed by atoms with Crippen molar-refractivity contribution in [1.82, 2.24) is 0 Å². The lowest BCUT2D eigenvalue weighted by atomic mass is 10.0. The second-order valence-electron chi connectivity index (χ2n) is 5.21. The van der Waals surface area contributed by atoms with Gasteiger partial charge in [-0.2, -0.15) is 0 Å². The van der Waals surface area contributed by atoms with Gasteiger partial charge in [-0.3, -0.25) is 4.79 Å². The molecule has 0 amide bonds. The normalized spacial score (nSPS) is 10.3. The highest BCUT2D eigenvalue weighted by molar-refractivity contribution is 5.96. The first-order valence-electron chi connectivity index (χ1n) is 6.98. The fraction of sp³-hybridized carbons (Fsp3) is 0.278. The van der Waals surface area contributed by atoms with Gasteiger partial charge in [0, 0.05) is 24.2 Å². The van der Waals surface area contributed by atoms with Gasteiger partial charge in [0.05, 0.1) is 0 Å². The van der Waals surface area contributed by atoms with Crippen LogP contribution in [0.25, 0.3) is 0 Å². The number of anilines is 1. The quantitative estimate of drug-likeness (QED) is 0.818. The first-order valence-corrected chi connectivity index (χ1v) is 6.98. The zero-order chi connectivity index (χ0) is 14.5. The maximum Gasteiger partial charge on any atom is 0.164 e. The molecule has 0 heterocycles. The Balaban J connectivity index is 1.92. The number of nitrogens with one attached hydrogen (secondary N) is 1. The lowest BCUT2D eigenvalue weighted by Gasteiger charge is -2.09. The lowest BCUT2D eigenvalue weighted by molar-refractivity contribution is 0.0986. The van der Waals surface area contributed by atoms with E-state index in [1.54, 1.807) is 0 Å². The topological polar surface area (TPSA) is 29.1 Å². The Morgan fingerprint density at radius 1 is 0.950 bits per heavy atom. The Morgan fingerprint density at radius 2 is 1.70 bits per heavy atom. The third-order valence-electron chi connectivity index (χ3n) is 3.64. The summed E-state index contributed by atoms with van der Waals surface area (Å²) in [5.74, 6) is 0.189. The molecule has 2 aromatic carbocycles. The van der Waals surface area contributed by atoms with Crippen molar-refractivity contribution >= 4 is 11.5 Å². The van der Waals surface area contributed by atoms with Crippen molar-refractivity contribution in [3.63, 3.8) is 0 Å². The molecule has 0 aromatic heterocycles. The van der Waals surface area contributed by atoms with Crippen molar-refractivity contribution in [2.75, 3.05) is 11.9 Å². The van der Waals surface area contributed by atoms with Crippen molar-refractivity contribution in [2.24, 2.45) is 0 Å². The summed E-state index contributed by atoms with van der Waals surface area (Å²) in [7, 11) is 0. The van der Waals surface area contributed by atoms with Crippen LogP contribution < -0.4 is 5.32 Å². The van der Waals surface area contributed by atoms with Gasteiger partial charge in [-0.15, -0.1) is 0 Å². The monoisotopic (exact) mass is 267 g/mol. The second-order valence-corrected chi connectivity index (χ2v) is 5.21. The van der Waals surface area contributed by atoms with Crippen molar-refractivity contribution in [3.8, 4) is 0 Å². The molecule has 104 valence electrons. The van der Waals surface area contributed by atoms with Crippen LogP contribution in [0.1, 0.15) is 33.5 Å². The van der Waals surface area contributed by atoms with E-state index in [0.29, 0.717) is 13.0 Å². The van der Waals surface area contributed by atoms with Gasteiger partial charge in [0.1, 0.15) is 0 Å². The Kier molecular flexibility index (Phi) is 4.57. The first kappa shape index (κ1) is 14.3. The van der Waals surface area contributed by atoms with Crippen LogP contribution in [0.2, 0.25) is 0 Å². The van der Waals surface area contributed by atoms with Crippen LogP contribution in [0.15, 0.2) is 42.5 Å². The van der Waals surface area contributed by atoms with E-state index in [9.17, 15) is 4.79 Å². The van der Waals surface area contributed by atoms with Crippen molar-refractivity contribution in [1.29, 1.82) is 0 Å². The molecule has 0 aliphatic heterocycles.